The molecule has 23 heavy (non-hydrogen) atoms. The summed E-state index contributed by atoms with van der Waals surface area (Å²) in [5.41, 5.74) is 1.46. The second kappa shape index (κ2) is 6.75. The Hall–Kier alpha value is -3.14. The highest BCUT2D eigenvalue weighted by molar-refractivity contribution is 6.15. The normalized spacial score (nSPS) is 17.7. The van der Waals surface area contributed by atoms with E-state index in [1.807, 2.05) is 36.4 Å². The van der Waals surface area contributed by atoms with E-state index in [1.165, 1.54) is 6.08 Å². The van der Waals surface area contributed by atoms with Crippen LogP contribution in [0.15, 0.2) is 78.4 Å². The molecule has 0 N–H and O–H groups in total. The summed E-state index contributed by atoms with van der Waals surface area (Å²) in [5.74, 6) is -1.37. The molecule has 0 aliphatic carbocycles. The summed E-state index contributed by atoms with van der Waals surface area (Å²) < 4.78 is 10.3. The van der Waals surface area contributed by atoms with E-state index in [2.05, 4.69) is 0 Å². The SMILES string of the molecule is O=C1OC(c2ccccc2)OC(=O)C1=CC=Cc1ccccc1. The summed E-state index contributed by atoms with van der Waals surface area (Å²) in [6.07, 6.45) is 3.82. The fraction of sp³-hybridized carbons (Fsp3) is 0.0526. The molecule has 1 heterocycles. The number of esters is 2. The van der Waals surface area contributed by atoms with E-state index in [0.29, 0.717) is 5.56 Å². The molecule has 0 amide bonds. The number of ether oxygens (including phenoxy) is 2. The Labute approximate surface area is 133 Å². The molecule has 0 unspecified atom stereocenters. The van der Waals surface area contributed by atoms with E-state index in [-0.39, 0.29) is 5.57 Å². The van der Waals surface area contributed by atoms with Crippen LogP contribution < -0.4 is 0 Å². The van der Waals surface area contributed by atoms with Crippen LogP contribution in [0.3, 0.4) is 0 Å². The number of cyclic esters (lactones) is 2. The molecule has 114 valence electrons. The fourth-order valence-electron chi connectivity index (χ4n) is 2.13. The monoisotopic (exact) mass is 306 g/mol. The molecule has 2 aromatic rings. The van der Waals surface area contributed by atoms with Gasteiger partial charge >= 0.3 is 11.9 Å². The molecule has 0 bridgehead atoms. The predicted molar refractivity (Wildman–Crippen MR) is 84.9 cm³/mol. The predicted octanol–water partition coefficient (Wildman–Crippen LogP) is 3.43. The van der Waals surface area contributed by atoms with Crippen molar-refractivity contribution in [1.29, 1.82) is 0 Å². The van der Waals surface area contributed by atoms with Crippen molar-refractivity contribution in [2.45, 2.75) is 6.29 Å². The van der Waals surface area contributed by atoms with E-state index < -0.39 is 18.2 Å². The van der Waals surface area contributed by atoms with Crippen molar-refractivity contribution in [2.75, 3.05) is 0 Å². The first-order chi connectivity index (χ1) is 11.2. The molecule has 3 rings (SSSR count). The Balaban J connectivity index is 1.73. The number of rotatable bonds is 3. The Bertz CT molecular complexity index is 740. The topological polar surface area (TPSA) is 52.6 Å². The van der Waals surface area contributed by atoms with Gasteiger partial charge in [0, 0.05) is 5.56 Å². The van der Waals surface area contributed by atoms with Crippen molar-refractivity contribution in [2.24, 2.45) is 0 Å². The molecule has 0 atom stereocenters. The second-order valence-corrected chi connectivity index (χ2v) is 4.90. The van der Waals surface area contributed by atoms with Crippen LogP contribution in [0, 0.1) is 0 Å². The minimum Gasteiger partial charge on any atom is -0.417 e. The molecule has 0 aromatic heterocycles. The second-order valence-electron chi connectivity index (χ2n) is 4.90. The van der Waals surface area contributed by atoms with E-state index >= 15 is 0 Å². The van der Waals surface area contributed by atoms with Crippen LogP contribution in [0.2, 0.25) is 0 Å². The van der Waals surface area contributed by atoms with Gasteiger partial charge in [-0.25, -0.2) is 9.59 Å². The lowest BCUT2D eigenvalue weighted by Gasteiger charge is -2.23. The first kappa shape index (κ1) is 14.8. The number of carbonyl (C=O) groups excluding carboxylic acids is 2. The van der Waals surface area contributed by atoms with Gasteiger partial charge in [-0.15, -0.1) is 0 Å². The molecule has 1 aliphatic heterocycles. The standard InChI is InChI=1S/C19H14O4/c20-17-16(13-7-10-14-8-3-1-4-9-14)18(21)23-19(22-17)15-11-5-2-6-12-15/h1-13,19H. The average molecular weight is 306 g/mol. The van der Waals surface area contributed by atoms with Crippen LogP contribution in [0.25, 0.3) is 6.08 Å². The lowest BCUT2D eigenvalue weighted by Crippen LogP contribution is -2.29. The van der Waals surface area contributed by atoms with E-state index in [9.17, 15) is 9.59 Å². The van der Waals surface area contributed by atoms with Gasteiger partial charge < -0.3 is 9.47 Å². The minimum atomic E-state index is -0.994. The van der Waals surface area contributed by atoms with Crippen molar-refractivity contribution in [3.63, 3.8) is 0 Å². The lowest BCUT2D eigenvalue weighted by atomic mass is 10.1. The van der Waals surface area contributed by atoms with Crippen LogP contribution >= 0.6 is 0 Å². The number of benzene rings is 2. The summed E-state index contributed by atoms with van der Waals surface area (Å²) >= 11 is 0. The highest BCUT2D eigenvalue weighted by atomic mass is 16.7. The van der Waals surface area contributed by atoms with Gasteiger partial charge in [-0.2, -0.15) is 0 Å². The molecule has 4 heteroatoms. The Kier molecular flexibility index (Phi) is 4.34. The maximum atomic E-state index is 12.0. The van der Waals surface area contributed by atoms with E-state index in [1.54, 1.807) is 36.4 Å². The van der Waals surface area contributed by atoms with Crippen LogP contribution in [0.1, 0.15) is 17.4 Å². The molecule has 1 aliphatic rings. The zero-order valence-electron chi connectivity index (χ0n) is 12.2. The van der Waals surface area contributed by atoms with Gasteiger partial charge in [0.1, 0.15) is 5.57 Å². The van der Waals surface area contributed by atoms with Crippen molar-refractivity contribution in [3.05, 3.63) is 89.5 Å². The van der Waals surface area contributed by atoms with Crippen molar-refractivity contribution in [3.8, 4) is 0 Å². The quantitative estimate of drug-likeness (QED) is 0.495. The number of hydrogen-bond acceptors (Lipinski definition) is 4. The van der Waals surface area contributed by atoms with Crippen molar-refractivity contribution in [1.82, 2.24) is 0 Å². The van der Waals surface area contributed by atoms with E-state index in [0.717, 1.165) is 5.56 Å². The lowest BCUT2D eigenvalue weighted by molar-refractivity contribution is -0.195. The number of carbonyl (C=O) groups is 2. The van der Waals surface area contributed by atoms with Crippen LogP contribution in [0.5, 0.6) is 0 Å². The average Bonchev–Trinajstić information content (AvgIpc) is 2.59. The summed E-state index contributed by atoms with van der Waals surface area (Å²) in [5, 5.41) is 0. The molecule has 1 fully saturated rings. The first-order valence-electron chi connectivity index (χ1n) is 7.14. The molecular weight excluding hydrogens is 292 g/mol. The Morgan fingerprint density at radius 3 is 1.96 bits per heavy atom. The largest absolute Gasteiger partial charge is 0.417 e. The minimum absolute atomic E-state index is 0.121. The van der Waals surface area contributed by atoms with E-state index in [4.69, 9.17) is 9.47 Å². The van der Waals surface area contributed by atoms with Gasteiger partial charge in [-0.3, -0.25) is 0 Å². The third-order valence-corrected chi connectivity index (χ3v) is 3.29. The van der Waals surface area contributed by atoms with Gasteiger partial charge in [0.15, 0.2) is 0 Å². The molecular formula is C19H14O4. The Morgan fingerprint density at radius 2 is 1.35 bits per heavy atom. The van der Waals surface area contributed by atoms with Gasteiger partial charge in [-0.1, -0.05) is 72.8 Å². The van der Waals surface area contributed by atoms with Crippen LogP contribution in [0.4, 0.5) is 0 Å². The zero-order chi connectivity index (χ0) is 16.1. The van der Waals surface area contributed by atoms with Gasteiger partial charge in [0.2, 0.25) is 0 Å². The zero-order valence-corrected chi connectivity index (χ0v) is 12.2. The summed E-state index contributed by atoms with van der Waals surface area (Å²) in [6.45, 7) is 0. The van der Waals surface area contributed by atoms with Gasteiger partial charge in [-0.05, 0) is 11.6 Å². The highest BCUT2D eigenvalue weighted by Gasteiger charge is 2.33. The number of hydrogen-bond donors (Lipinski definition) is 0. The third-order valence-electron chi connectivity index (χ3n) is 3.29. The highest BCUT2D eigenvalue weighted by Crippen LogP contribution is 2.26. The summed E-state index contributed by atoms with van der Waals surface area (Å²) in [6, 6.07) is 18.4. The maximum Gasteiger partial charge on any atom is 0.348 e. The molecule has 1 saturated heterocycles. The van der Waals surface area contributed by atoms with Crippen molar-refractivity contribution < 1.29 is 19.1 Å². The molecule has 2 aromatic carbocycles. The van der Waals surface area contributed by atoms with Gasteiger partial charge in [0.25, 0.3) is 6.29 Å². The summed E-state index contributed by atoms with van der Waals surface area (Å²) in [7, 11) is 0. The summed E-state index contributed by atoms with van der Waals surface area (Å²) in [4.78, 5) is 24.0. The third kappa shape index (κ3) is 3.55. The fourth-order valence-corrected chi connectivity index (χ4v) is 2.13. The molecule has 4 nitrogen and oxygen atoms in total. The Morgan fingerprint density at radius 1 is 0.783 bits per heavy atom. The smallest absolute Gasteiger partial charge is 0.348 e. The van der Waals surface area contributed by atoms with Crippen LogP contribution in [-0.4, -0.2) is 11.9 Å². The maximum absolute atomic E-state index is 12.0. The van der Waals surface area contributed by atoms with Crippen molar-refractivity contribution >= 4 is 18.0 Å². The van der Waals surface area contributed by atoms with Crippen LogP contribution in [-0.2, 0) is 19.1 Å². The van der Waals surface area contributed by atoms with Gasteiger partial charge in [0.05, 0.1) is 0 Å². The molecule has 0 radical (unpaired) electrons. The molecule has 0 spiro atoms. The molecule has 0 saturated carbocycles. The first-order valence-corrected chi connectivity index (χ1v) is 7.14. The number of allylic oxidation sites excluding steroid dienone is 2.